The van der Waals surface area contributed by atoms with E-state index in [0.717, 1.165) is 5.56 Å². The van der Waals surface area contributed by atoms with Gasteiger partial charge in [0.25, 0.3) is 0 Å². The van der Waals surface area contributed by atoms with Gasteiger partial charge in [0.15, 0.2) is 0 Å². The lowest BCUT2D eigenvalue weighted by atomic mass is 10.0. The SMILES string of the molecule is Cl.NCCCC(=O)Nc1ccc(OC(F)F)c(Cc2ccccc2)c1. The monoisotopic (exact) mass is 370 g/mol. The maximum Gasteiger partial charge on any atom is 0.387 e. The summed E-state index contributed by atoms with van der Waals surface area (Å²) in [4.78, 5) is 11.8. The van der Waals surface area contributed by atoms with Crippen molar-refractivity contribution in [2.75, 3.05) is 11.9 Å². The molecule has 7 heteroatoms. The lowest BCUT2D eigenvalue weighted by Gasteiger charge is -2.13. The molecule has 0 aliphatic rings. The second kappa shape index (κ2) is 10.6. The smallest absolute Gasteiger partial charge is 0.387 e. The van der Waals surface area contributed by atoms with E-state index < -0.39 is 6.61 Å². The molecule has 0 saturated carbocycles. The molecule has 0 heterocycles. The van der Waals surface area contributed by atoms with Crippen LogP contribution in [0.4, 0.5) is 14.5 Å². The van der Waals surface area contributed by atoms with E-state index in [1.165, 1.54) is 6.07 Å². The third-order valence-corrected chi connectivity index (χ3v) is 3.41. The molecule has 0 saturated heterocycles. The Kier molecular flexibility index (Phi) is 8.88. The number of alkyl halides is 2. The number of hydrogen-bond donors (Lipinski definition) is 2. The fraction of sp³-hybridized carbons (Fsp3) is 0.278. The summed E-state index contributed by atoms with van der Waals surface area (Å²) in [7, 11) is 0. The first-order chi connectivity index (χ1) is 11.6. The zero-order valence-corrected chi connectivity index (χ0v) is 14.4. The van der Waals surface area contributed by atoms with E-state index in [1.54, 1.807) is 12.1 Å². The first-order valence-corrected chi connectivity index (χ1v) is 7.70. The molecule has 2 aromatic rings. The van der Waals surface area contributed by atoms with Gasteiger partial charge in [-0.2, -0.15) is 8.78 Å². The highest BCUT2D eigenvalue weighted by Gasteiger charge is 2.12. The minimum atomic E-state index is -2.90. The van der Waals surface area contributed by atoms with E-state index >= 15 is 0 Å². The average molecular weight is 371 g/mol. The van der Waals surface area contributed by atoms with Gasteiger partial charge in [0.05, 0.1) is 0 Å². The van der Waals surface area contributed by atoms with Crippen LogP contribution in [0.25, 0.3) is 0 Å². The Hall–Kier alpha value is -2.18. The predicted octanol–water partition coefficient (Wildman–Crippen LogP) is 3.98. The second-order valence-corrected chi connectivity index (χ2v) is 5.30. The molecule has 0 unspecified atom stereocenters. The lowest BCUT2D eigenvalue weighted by Crippen LogP contribution is -2.14. The molecule has 0 aliphatic carbocycles. The van der Waals surface area contributed by atoms with Crippen molar-refractivity contribution in [3.05, 3.63) is 59.7 Å². The second-order valence-electron chi connectivity index (χ2n) is 5.30. The third kappa shape index (κ3) is 7.07. The van der Waals surface area contributed by atoms with E-state index in [9.17, 15) is 13.6 Å². The number of ether oxygens (including phenoxy) is 1. The summed E-state index contributed by atoms with van der Waals surface area (Å²) in [5.74, 6) is -0.0533. The van der Waals surface area contributed by atoms with Gasteiger partial charge in [0.2, 0.25) is 5.91 Å². The quantitative estimate of drug-likeness (QED) is 0.738. The molecule has 25 heavy (non-hydrogen) atoms. The molecule has 2 rings (SSSR count). The van der Waals surface area contributed by atoms with Gasteiger partial charge in [-0.15, -0.1) is 12.4 Å². The van der Waals surface area contributed by atoms with Crippen LogP contribution in [0.1, 0.15) is 24.0 Å². The minimum Gasteiger partial charge on any atom is -0.435 e. The molecule has 1 amide bonds. The molecule has 0 aromatic heterocycles. The summed E-state index contributed by atoms with van der Waals surface area (Å²) in [6, 6.07) is 14.1. The fourth-order valence-electron chi connectivity index (χ4n) is 2.31. The zero-order valence-electron chi connectivity index (χ0n) is 13.6. The number of nitrogens with one attached hydrogen (secondary N) is 1. The Morgan fingerprint density at radius 1 is 1.16 bits per heavy atom. The van der Waals surface area contributed by atoms with Gasteiger partial charge in [-0.1, -0.05) is 30.3 Å². The first kappa shape index (κ1) is 20.9. The highest BCUT2D eigenvalue weighted by Crippen LogP contribution is 2.27. The van der Waals surface area contributed by atoms with Crippen molar-refractivity contribution in [2.45, 2.75) is 25.9 Å². The number of carbonyl (C=O) groups is 1. The number of halogens is 3. The molecule has 0 spiro atoms. The number of amides is 1. The summed E-state index contributed by atoms with van der Waals surface area (Å²) >= 11 is 0. The van der Waals surface area contributed by atoms with Crippen molar-refractivity contribution in [1.29, 1.82) is 0 Å². The maximum atomic E-state index is 12.6. The van der Waals surface area contributed by atoms with Crippen LogP contribution in [0.2, 0.25) is 0 Å². The van der Waals surface area contributed by atoms with Gasteiger partial charge in [0, 0.05) is 24.1 Å². The third-order valence-electron chi connectivity index (χ3n) is 3.41. The van der Waals surface area contributed by atoms with Crippen molar-refractivity contribution in [3.63, 3.8) is 0 Å². The molecule has 0 fully saturated rings. The topological polar surface area (TPSA) is 64.4 Å². The van der Waals surface area contributed by atoms with Crippen molar-refractivity contribution >= 4 is 24.0 Å². The number of anilines is 1. The van der Waals surface area contributed by atoms with E-state index in [1.807, 2.05) is 30.3 Å². The molecule has 2 aromatic carbocycles. The van der Waals surface area contributed by atoms with Gasteiger partial charge >= 0.3 is 6.61 Å². The zero-order chi connectivity index (χ0) is 17.4. The van der Waals surface area contributed by atoms with E-state index in [2.05, 4.69) is 10.1 Å². The molecular formula is C18H21ClF2N2O2. The molecule has 136 valence electrons. The van der Waals surface area contributed by atoms with Gasteiger partial charge in [-0.25, -0.2) is 0 Å². The number of hydrogen-bond acceptors (Lipinski definition) is 3. The van der Waals surface area contributed by atoms with E-state index in [4.69, 9.17) is 5.73 Å². The standard InChI is InChI=1S/C18H20F2N2O2.ClH/c19-18(20)24-16-9-8-15(22-17(23)7-4-10-21)12-14(16)11-13-5-2-1-3-6-13;/h1-3,5-6,8-9,12,18H,4,7,10-11,21H2,(H,22,23);1H. The first-order valence-electron chi connectivity index (χ1n) is 7.70. The Balaban J connectivity index is 0.00000312. The van der Waals surface area contributed by atoms with Crippen molar-refractivity contribution in [2.24, 2.45) is 5.73 Å². The molecule has 0 aliphatic heterocycles. The maximum absolute atomic E-state index is 12.6. The normalized spacial score (nSPS) is 10.2. The Bertz CT molecular complexity index is 669. The molecule has 3 N–H and O–H groups in total. The minimum absolute atomic E-state index is 0. The Labute approximate surface area is 151 Å². The van der Waals surface area contributed by atoms with Crippen LogP contribution >= 0.6 is 12.4 Å². The molecule has 0 bridgehead atoms. The van der Waals surface area contributed by atoms with Crippen LogP contribution < -0.4 is 15.8 Å². The van der Waals surface area contributed by atoms with E-state index in [0.29, 0.717) is 37.1 Å². The van der Waals surface area contributed by atoms with Crippen LogP contribution in [0.3, 0.4) is 0 Å². The van der Waals surface area contributed by atoms with Crippen LogP contribution in [0, 0.1) is 0 Å². The molecule has 0 atom stereocenters. The van der Waals surface area contributed by atoms with Crippen LogP contribution in [0.15, 0.2) is 48.5 Å². The van der Waals surface area contributed by atoms with Crippen molar-refractivity contribution in [1.82, 2.24) is 0 Å². The molecule has 4 nitrogen and oxygen atoms in total. The van der Waals surface area contributed by atoms with Crippen molar-refractivity contribution in [3.8, 4) is 5.75 Å². The predicted molar refractivity (Wildman–Crippen MR) is 96.5 cm³/mol. The van der Waals surface area contributed by atoms with Gasteiger partial charge < -0.3 is 15.8 Å². The number of rotatable bonds is 8. The molecule has 0 radical (unpaired) electrons. The lowest BCUT2D eigenvalue weighted by molar-refractivity contribution is -0.116. The Morgan fingerprint density at radius 2 is 1.88 bits per heavy atom. The number of nitrogens with two attached hydrogens (primary N) is 1. The highest BCUT2D eigenvalue weighted by molar-refractivity contribution is 5.90. The largest absolute Gasteiger partial charge is 0.435 e. The van der Waals surface area contributed by atoms with Crippen LogP contribution in [-0.2, 0) is 11.2 Å². The summed E-state index contributed by atoms with van der Waals surface area (Å²) in [5, 5.41) is 2.75. The summed E-state index contributed by atoms with van der Waals surface area (Å²) in [5.41, 5.74) is 7.47. The summed E-state index contributed by atoms with van der Waals surface area (Å²) in [6.07, 6.45) is 1.34. The van der Waals surface area contributed by atoms with E-state index in [-0.39, 0.29) is 24.1 Å². The molecular weight excluding hydrogens is 350 g/mol. The Morgan fingerprint density at radius 3 is 2.52 bits per heavy atom. The fourth-order valence-corrected chi connectivity index (χ4v) is 2.31. The van der Waals surface area contributed by atoms with Crippen LogP contribution in [0.5, 0.6) is 5.75 Å². The van der Waals surface area contributed by atoms with Gasteiger partial charge in [-0.3, -0.25) is 4.79 Å². The average Bonchev–Trinajstić information content (AvgIpc) is 2.56. The summed E-state index contributed by atoms with van der Waals surface area (Å²) < 4.78 is 29.8. The van der Waals surface area contributed by atoms with Crippen LogP contribution in [-0.4, -0.2) is 19.1 Å². The van der Waals surface area contributed by atoms with Crippen molar-refractivity contribution < 1.29 is 18.3 Å². The van der Waals surface area contributed by atoms with Gasteiger partial charge in [0.1, 0.15) is 5.75 Å². The number of benzene rings is 2. The summed E-state index contributed by atoms with van der Waals surface area (Å²) in [6.45, 7) is -2.46. The van der Waals surface area contributed by atoms with Gasteiger partial charge in [-0.05, 0) is 36.7 Å². The highest BCUT2D eigenvalue weighted by atomic mass is 35.5. The number of carbonyl (C=O) groups excluding carboxylic acids is 1.